The Labute approximate surface area is 145 Å². The number of guanidine groups is 1. The molecule has 136 valence electrons. The minimum Gasteiger partial charge on any atom is -0.385 e. The van der Waals surface area contributed by atoms with E-state index in [0.29, 0.717) is 13.1 Å². The molecule has 0 unspecified atom stereocenters. The van der Waals surface area contributed by atoms with E-state index in [0.717, 1.165) is 50.3 Å². The summed E-state index contributed by atoms with van der Waals surface area (Å²) >= 11 is 0. The van der Waals surface area contributed by atoms with Crippen molar-refractivity contribution in [2.75, 3.05) is 46.9 Å². The van der Waals surface area contributed by atoms with Crippen molar-refractivity contribution in [2.45, 2.75) is 19.9 Å². The normalized spacial score (nSPS) is 11.8. The second kappa shape index (κ2) is 11.6. The van der Waals surface area contributed by atoms with Crippen LogP contribution in [0.1, 0.15) is 18.1 Å². The van der Waals surface area contributed by atoms with Crippen LogP contribution < -0.4 is 10.6 Å². The van der Waals surface area contributed by atoms with E-state index in [1.807, 2.05) is 18.5 Å². The Morgan fingerprint density at radius 2 is 2.17 bits per heavy atom. The Hall–Kier alpha value is -1.93. The molecule has 0 saturated heterocycles. The van der Waals surface area contributed by atoms with E-state index < -0.39 is 0 Å². The van der Waals surface area contributed by atoms with Crippen LogP contribution >= 0.6 is 0 Å². The summed E-state index contributed by atoms with van der Waals surface area (Å²) in [5, 5.41) is 14.7. The molecule has 0 fully saturated rings. The monoisotopic (exact) mass is 337 g/mol. The molecule has 0 radical (unpaired) electrons. The molecule has 24 heavy (non-hydrogen) atoms. The fraction of sp³-hybridized carbons (Fsp3) is 0.688. The SMILES string of the molecule is C=CCNC(=NCc1nnc(C)n1C)NCCN(C)CCCOC. The molecule has 1 aromatic rings. The van der Waals surface area contributed by atoms with Gasteiger partial charge in [-0.05, 0) is 20.4 Å². The van der Waals surface area contributed by atoms with Gasteiger partial charge in [-0.3, -0.25) is 0 Å². The molecule has 8 heteroatoms. The lowest BCUT2D eigenvalue weighted by Gasteiger charge is -2.18. The first-order chi connectivity index (χ1) is 11.6. The molecule has 0 spiro atoms. The Kier molecular flexibility index (Phi) is 9.71. The molecular weight excluding hydrogens is 306 g/mol. The van der Waals surface area contributed by atoms with Crippen LogP contribution in [0, 0.1) is 6.92 Å². The van der Waals surface area contributed by atoms with Gasteiger partial charge >= 0.3 is 0 Å². The Bertz CT molecular complexity index is 513. The van der Waals surface area contributed by atoms with Crippen molar-refractivity contribution in [1.82, 2.24) is 30.3 Å². The summed E-state index contributed by atoms with van der Waals surface area (Å²) in [7, 11) is 5.78. The summed E-state index contributed by atoms with van der Waals surface area (Å²) in [5.41, 5.74) is 0. The van der Waals surface area contributed by atoms with Gasteiger partial charge in [0, 0.05) is 46.9 Å². The zero-order valence-corrected chi connectivity index (χ0v) is 15.4. The summed E-state index contributed by atoms with van der Waals surface area (Å²) in [4.78, 5) is 6.83. The molecule has 0 aliphatic rings. The Morgan fingerprint density at radius 1 is 1.38 bits per heavy atom. The zero-order valence-electron chi connectivity index (χ0n) is 15.4. The fourth-order valence-corrected chi connectivity index (χ4v) is 2.04. The van der Waals surface area contributed by atoms with Gasteiger partial charge in [-0.2, -0.15) is 0 Å². The zero-order chi connectivity index (χ0) is 17.8. The van der Waals surface area contributed by atoms with E-state index in [-0.39, 0.29) is 0 Å². The molecule has 0 atom stereocenters. The molecule has 0 aliphatic carbocycles. The van der Waals surface area contributed by atoms with Crippen molar-refractivity contribution in [3.63, 3.8) is 0 Å². The van der Waals surface area contributed by atoms with Crippen LogP contribution in [0.4, 0.5) is 0 Å². The van der Waals surface area contributed by atoms with Gasteiger partial charge in [-0.1, -0.05) is 6.08 Å². The van der Waals surface area contributed by atoms with Gasteiger partial charge in [0.05, 0.1) is 0 Å². The predicted molar refractivity (Wildman–Crippen MR) is 97.1 cm³/mol. The number of hydrogen-bond acceptors (Lipinski definition) is 5. The average molecular weight is 337 g/mol. The molecule has 1 rings (SSSR count). The lowest BCUT2D eigenvalue weighted by atomic mass is 10.4. The minimum atomic E-state index is 0.480. The maximum absolute atomic E-state index is 5.07. The Morgan fingerprint density at radius 3 is 2.79 bits per heavy atom. The van der Waals surface area contributed by atoms with Crippen LogP contribution in [0.2, 0.25) is 0 Å². The molecule has 1 aromatic heterocycles. The first kappa shape index (κ1) is 20.1. The lowest BCUT2D eigenvalue weighted by Crippen LogP contribution is -2.41. The molecular formula is C16H31N7O. The van der Waals surface area contributed by atoms with Crippen LogP contribution in [0.3, 0.4) is 0 Å². The highest BCUT2D eigenvalue weighted by atomic mass is 16.5. The fourth-order valence-electron chi connectivity index (χ4n) is 2.04. The van der Waals surface area contributed by atoms with Crippen molar-refractivity contribution in [3.05, 3.63) is 24.3 Å². The maximum atomic E-state index is 5.07. The Balaban J connectivity index is 2.45. The summed E-state index contributed by atoms with van der Waals surface area (Å²) < 4.78 is 7.01. The molecule has 0 aromatic carbocycles. The number of aliphatic imine (C=N–C) groups is 1. The van der Waals surface area contributed by atoms with E-state index in [2.05, 4.69) is 44.3 Å². The van der Waals surface area contributed by atoms with Gasteiger partial charge in [0.15, 0.2) is 11.8 Å². The van der Waals surface area contributed by atoms with Gasteiger partial charge < -0.3 is 24.8 Å². The first-order valence-electron chi connectivity index (χ1n) is 8.24. The van der Waals surface area contributed by atoms with Gasteiger partial charge in [0.2, 0.25) is 0 Å². The van der Waals surface area contributed by atoms with Crippen LogP contribution in [0.5, 0.6) is 0 Å². The van der Waals surface area contributed by atoms with Crippen LogP contribution in [-0.2, 0) is 18.3 Å². The van der Waals surface area contributed by atoms with E-state index in [4.69, 9.17) is 4.74 Å². The van der Waals surface area contributed by atoms with E-state index >= 15 is 0 Å². The first-order valence-corrected chi connectivity index (χ1v) is 8.24. The second-order valence-electron chi connectivity index (χ2n) is 5.63. The number of aromatic nitrogens is 3. The summed E-state index contributed by atoms with van der Waals surface area (Å²) in [6.07, 6.45) is 2.84. The summed E-state index contributed by atoms with van der Waals surface area (Å²) in [6, 6.07) is 0. The summed E-state index contributed by atoms with van der Waals surface area (Å²) in [6.45, 7) is 10.3. The average Bonchev–Trinajstić information content (AvgIpc) is 2.89. The highest BCUT2D eigenvalue weighted by Crippen LogP contribution is 1.98. The molecule has 0 aliphatic heterocycles. The van der Waals surface area contributed by atoms with Gasteiger partial charge in [0.1, 0.15) is 12.4 Å². The van der Waals surface area contributed by atoms with Gasteiger partial charge in [-0.15, -0.1) is 16.8 Å². The van der Waals surface area contributed by atoms with Crippen molar-refractivity contribution in [2.24, 2.45) is 12.0 Å². The summed E-state index contributed by atoms with van der Waals surface area (Å²) in [5.74, 6) is 2.47. The number of rotatable bonds is 11. The quantitative estimate of drug-likeness (QED) is 0.262. The molecule has 0 amide bonds. The molecule has 0 bridgehead atoms. The lowest BCUT2D eigenvalue weighted by molar-refractivity contribution is 0.180. The number of methoxy groups -OCH3 is 1. The van der Waals surface area contributed by atoms with Gasteiger partial charge in [-0.25, -0.2) is 4.99 Å². The van der Waals surface area contributed by atoms with Crippen LogP contribution in [0.15, 0.2) is 17.6 Å². The van der Waals surface area contributed by atoms with Crippen LogP contribution in [0.25, 0.3) is 0 Å². The molecule has 1 heterocycles. The van der Waals surface area contributed by atoms with E-state index in [1.54, 1.807) is 13.2 Å². The van der Waals surface area contributed by atoms with Crippen molar-refractivity contribution >= 4 is 5.96 Å². The largest absolute Gasteiger partial charge is 0.385 e. The smallest absolute Gasteiger partial charge is 0.192 e. The number of hydrogen-bond donors (Lipinski definition) is 2. The molecule has 2 N–H and O–H groups in total. The highest BCUT2D eigenvalue weighted by molar-refractivity contribution is 5.79. The number of nitrogens with zero attached hydrogens (tertiary/aromatic N) is 5. The maximum Gasteiger partial charge on any atom is 0.192 e. The van der Waals surface area contributed by atoms with Gasteiger partial charge in [0.25, 0.3) is 0 Å². The van der Waals surface area contributed by atoms with Crippen molar-refractivity contribution in [3.8, 4) is 0 Å². The number of nitrogens with one attached hydrogen (secondary N) is 2. The topological polar surface area (TPSA) is 79.6 Å². The molecule has 8 nitrogen and oxygen atoms in total. The van der Waals surface area contributed by atoms with Crippen LogP contribution in [-0.4, -0.2) is 72.6 Å². The predicted octanol–water partition coefficient (Wildman–Crippen LogP) is 0.313. The highest BCUT2D eigenvalue weighted by Gasteiger charge is 2.05. The minimum absolute atomic E-state index is 0.480. The number of ether oxygens (including phenoxy) is 1. The third-order valence-corrected chi connectivity index (χ3v) is 3.65. The van der Waals surface area contributed by atoms with Crippen molar-refractivity contribution in [1.29, 1.82) is 0 Å². The van der Waals surface area contributed by atoms with E-state index in [9.17, 15) is 0 Å². The molecule has 0 saturated carbocycles. The van der Waals surface area contributed by atoms with E-state index in [1.165, 1.54) is 0 Å². The van der Waals surface area contributed by atoms with Crippen molar-refractivity contribution < 1.29 is 4.74 Å². The number of likely N-dealkylation sites (N-methyl/N-ethyl adjacent to an activating group) is 1. The standard InChI is InChI=1S/C16H31N7O/c1-6-8-17-16(18-9-11-22(3)10-7-12-24-5)19-13-15-21-20-14(2)23(15)4/h6H,1,7-13H2,2-5H3,(H2,17,18,19). The third kappa shape index (κ3) is 7.56. The third-order valence-electron chi connectivity index (χ3n) is 3.65. The second-order valence-corrected chi connectivity index (χ2v) is 5.63. The number of aryl methyl sites for hydroxylation is 1.